The Hall–Kier alpha value is 1.06. The zero-order valence-electron chi connectivity index (χ0n) is 3.29. The Labute approximate surface area is 58.6 Å². The molecule has 0 aliphatic rings. The summed E-state index contributed by atoms with van der Waals surface area (Å²) < 4.78 is 0. The Morgan fingerprint density at radius 2 is 1.33 bits per heavy atom. The maximum absolute atomic E-state index is 5.22. The predicted molar refractivity (Wildman–Crippen MR) is 36.4 cm³/mol. The molecule has 0 saturated carbocycles. The minimum Gasteiger partial charge on any atom is -0.127 e. The Morgan fingerprint density at radius 3 is 1.33 bits per heavy atom. The lowest BCUT2D eigenvalue weighted by Gasteiger charge is -1.75. The molecule has 0 spiro atoms. The van der Waals surface area contributed by atoms with Crippen LogP contribution in [0.5, 0.6) is 0 Å². The van der Waals surface area contributed by atoms with Gasteiger partial charge in [0.25, 0.3) is 0 Å². The van der Waals surface area contributed by atoms with Crippen molar-refractivity contribution in [1.82, 2.24) is 0 Å². The molecule has 0 radical (unpaired) electrons. The molecule has 0 atom stereocenters. The molecule has 0 amide bonds. The van der Waals surface area contributed by atoms with Gasteiger partial charge in [0.05, 0.1) is 0 Å². The van der Waals surface area contributed by atoms with Gasteiger partial charge in [0.15, 0.2) is 0 Å². The summed E-state index contributed by atoms with van der Waals surface area (Å²) in [6.07, 6.45) is 0.920. The fourth-order valence-corrected chi connectivity index (χ4v) is 0.455. The molecule has 0 rings (SSSR count). The fraction of sp³-hybridized carbons (Fsp3) is 1.00. The van der Waals surface area contributed by atoms with Crippen LogP contribution in [0.4, 0.5) is 0 Å². The molecule has 0 nitrogen and oxygen atoms in total. The standard InChI is InChI=1S/C3H6Cl2.BrH/c4-2-1-3-5;/h1-3H2;1H. The topological polar surface area (TPSA) is 0 Å². The van der Waals surface area contributed by atoms with Crippen LogP contribution in [0, 0.1) is 0 Å². The molecular formula is C3H7BrCl2. The van der Waals surface area contributed by atoms with Crippen LogP contribution in [0.1, 0.15) is 6.42 Å². The Bertz CT molecular complexity index is 16.3. The molecule has 0 N–H and O–H groups in total. The lowest BCUT2D eigenvalue weighted by Crippen LogP contribution is -1.70. The highest BCUT2D eigenvalue weighted by Crippen LogP contribution is 1.84. The molecule has 3 heteroatoms. The summed E-state index contributed by atoms with van der Waals surface area (Å²) in [7, 11) is 0. The summed E-state index contributed by atoms with van der Waals surface area (Å²) in [5.74, 6) is 1.37. The number of hydrogen-bond donors (Lipinski definition) is 0. The van der Waals surface area contributed by atoms with E-state index < -0.39 is 0 Å². The van der Waals surface area contributed by atoms with Gasteiger partial charge < -0.3 is 0 Å². The molecule has 0 unspecified atom stereocenters. The van der Waals surface area contributed by atoms with Crippen LogP contribution < -0.4 is 0 Å². The van der Waals surface area contributed by atoms with Crippen molar-refractivity contribution in [3.63, 3.8) is 0 Å². The van der Waals surface area contributed by atoms with Gasteiger partial charge in [-0.15, -0.1) is 40.2 Å². The highest BCUT2D eigenvalue weighted by atomic mass is 79.9. The summed E-state index contributed by atoms with van der Waals surface area (Å²) in [4.78, 5) is 0. The van der Waals surface area contributed by atoms with Crippen LogP contribution in [0.3, 0.4) is 0 Å². The van der Waals surface area contributed by atoms with Crippen molar-refractivity contribution in [2.45, 2.75) is 6.42 Å². The van der Waals surface area contributed by atoms with Crippen LogP contribution in [-0.4, -0.2) is 11.8 Å². The van der Waals surface area contributed by atoms with Crippen LogP contribution >= 0.6 is 40.2 Å². The van der Waals surface area contributed by atoms with Crippen molar-refractivity contribution in [3.05, 3.63) is 0 Å². The van der Waals surface area contributed by atoms with Gasteiger partial charge >= 0.3 is 0 Å². The largest absolute Gasteiger partial charge is 0.127 e. The SMILES string of the molecule is Br.ClCCCCl. The third-order valence-electron chi connectivity index (χ3n) is 0.267. The minimum atomic E-state index is 0. The van der Waals surface area contributed by atoms with E-state index in [4.69, 9.17) is 23.2 Å². The molecular weight excluding hydrogens is 187 g/mol. The van der Waals surface area contributed by atoms with Crippen molar-refractivity contribution >= 4 is 40.2 Å². The van der Waals surface area contributed by atoms with E-state index in [-0.39, 0.29) is 17.0 Å². The second kappa shape index (κ2) is 9.41. The van der Waals surface area contributed by atoms with Gasteiger partial charge in [0.2, 0.25) is 0 Å². The number of rotatable bonds is 2. The van der Waals surface area contributed by atoms with Gasteiger partial charge in [0, 0.05) is 11.8 Å². The first-order valence-electron chi connectivity index (χ1n) is 1.53. The first kappa shape index (κ1) is 10.1. The van der Waals surface area contributed by atoms with E-state index in [1.807, 2.05) is 0 Å². The molecule has 0 bridgehead atoms. The second-order valence-electron chi connectivity index (χ2n) is 0.732. The third-order valence-corrected chi connectivity index (χ3v) is 0.802. The maximum Gasteiger partial charge on any atom is 0.0234 e. The van der Waals surface area contributed by atoms with E-state index in [2.05, 4.69) is 0 Å². The maximum atomic E-state index is 5.22. The average molecular weight is 194 g/mol. The quantitative estimate of drug-likeness (QED) is 0.592. The first-order valence-corrected chi connectivity index (χ1v) is 2.60. The Balaban J connectivity index is 0. The summed E-state index contributed by atoms with van der Waals surface area (Å²) in [6, 6.07) is 0. The zero-order valence-corrected chi connectivity index (χ0v) is 6.51. The minimum absolute atomic E-state index is 0. The molecule has 0 aliphatic heterocycles. The van der Waals surface area contributed by atoms with E-state index in [0.29, 0.717) is 11.8 Å². The molecule has 6 heavy (non-hydrogen) atoms. The summed E-state index contributed by atoms with van der Waals surface area (Å²) >= 11 is 10.4. The third kappa shape index (κ3) is 8.91. The van der Waals surface area contributed by atoms with Gasteiger partial charge in [-0.25, -0.2) is 0 Å². The van der Waals surface area contributed by atoms with Gasteiger partial charge in [0.1, 0.15) is 0 Å². The molecule has 40 valence electrons. The van der Waals surface area contributed by atoms with Gasteiger partial charge in [-0.3, -0.25) is 0 Å². The average Bonchev–Trinajstić information content (AvgIpc) is 1.41. The van der Waals surface area contributed by atoms with Crippen LogP contribution in [-0.2, 0) is 0 Å². The highest BCUT2D eigenvalue weighted by molar-refractivity contribution is 8.93. The predicted octanol–water partition coefficient (Wildman–Crippen LogP) is 2.43. The van der Waals surface area contributed by atoms with E-state index in [1.54, 1.807) is 0 Å². The zero-order chi connectivity index (χ0) is 4.12. The number of hydrogen-bond acceptors (Lipinski definition) is 0. The number of alkyl halides is 2. The fourth-order valence-electron chi connectivity index (χ4n) is 0.0505. The van der Waals surface area contributed by atoms with Crippen molar-refractivity contribution < 1.29 is 0 Å². The van der Waals surface area contributed by atoms with E-state index in [0.717, 1.165) is 6.42 Å². The summed E-state index contributed by atoms with van der Waals surface area (Å²) in [5, 5.41) is 0. The van der Waals surface area contributed by atoms with Crippen LogP contribution in [0.2, 0.25) is 0 Å². The van der Waals surface area contributed by atoms with Crippen molar-refractivity contribution in [3.8, 4) is 0 Å². The monoisotopic (exact) mass is 192 g/mol. The van der Waals surface area contributed by atoms with Gasteiger partial charge in [-0.1, -0.05) is 0 Å². The van der Waals surface area contributed by atoms with E-state index in [1.165, 1.54) is 0 Å². The smallest absolute Gasteiger partial charge is 0.0234 e. The van der Waals surface area contributed by atoms with Gasteiger partial charge in [-0.2, -0.15) is 0 Å². The normalized spacial score (nSPS) is 7.00. The molecule has 0 aromatic heterocycles. The van der Waals surface area contributed by atoms with Crippen molar-refractivity contribution in [1.29, 1.82) is 0 Å². The molecule has 0 aromatic carbocycles. The summed E-state index contributed by atoms with van der Waals surface area (Å²) in [6.45, 7) is 0. The van der Waals surface area contributed by atoms with Crippen LogP contribution in [0.15, 0.2) is 0 Å². The molecule has 0 fully saturated rings. The molecule has 0 aliphatic carbocycles. The molecule has 0 heterocycles. The number of halogens is 3. The Morgan fingerprint density at radius 1 is 1.00 bits per heavy atom. The van der Waals surface area contributed by atoms with E-state index >= 15 is 0 Å². The highest BCUT2D eigenvalue weighted by Gasteiger charge is 1.72. The molecule has 0 aromatic rings. The van der Waals surface area contributed by atoms with E-state index in [9.17, 15) is 0 Å². The lowest BCUT2D eigenvalue weighted by atomic mass is 10.6. The lowest BCUT2D eigenvalue weighted by molar-refractivity contribution is 1.11. The van der Waals surface area contributed by atoms with Crippen molar-refractivity contribution in [2.75, 3.05) is 11.8 Å². The first-order chi connectivity index (χ1) is 2.41. The molecule has 0 saturated heterocycles. The van der Waals surface area contributed by atoms with Gasteiger partial charge in [-0.05, 0) is 6.42 Å². The Kier molecular flexibility index (Phi) is 15.9. The summed E-state index contributed by atoms with van der Waals surface area (Å²) in [5.41, 5.74) is 0. The van der Waals surface area contributed by atoms with Crippen LogP contribution in [0.25, 0.3) is 0 Å². The second-order valence-corrected chi connectivity index (χ2v) is 1.49. The van der Waals surface area contributed by atoms with Crippen molar-refractivity contribution in [2.24, 2.45) is 0 Å².